The lowest BCUT2D eigenvalue weighted by Crippen LogP contribution is -2.36. The molecule has 2 atom stereocenters. The number of benzene rings is 1. The maximum Gasteiger partial charge on any atom is 0.319 e. The van der Waals surface area contributed by atoms with Crippen LogP contribution in [0.4, 0.5) is 10.5 Å². The fourth-order valence-electron chi connectivity index (χ4n) is 2.09. The van der Waals surface area contributed by atoms with Gasteiger partial charge in [0.05, 0.1) is 0 Å². The van der Waals surface area contributed by atoms with Crippen LogP contribution in [0.5, 0.6) is 0 Å². The highest BCUT2D eigenvalue weighted by molar-refractivity contribution is 6.31. The van der Waals surface area contributed by atoms with E-state index in [2.05, 4.69) is 10.6 Å². The van der Waals surface area contributed by atoms with Crippen LogP contribution in [0, 0.1) is 12.8 Å². The van der Waals surface area contributed by atoms with Crippen molar-refractivity contribution < 1.29 is 9.90 Å². The van der Waals surface area contributed by atoms with Crippen LogP contribution in [0.3, 0.4) is 0 Å². The summed E-state index contributed by atoms with van der Waals surface area (Å²) in [5.74, 6) is 0.137. The first-order valence-corrected chi connectivity index (χ1v) is 6.59. The number of hydrogen-bond acceptors (Lipinski definition) is 2. The van der Waals surface area contributed by atoms with Gasteiger partial charge in [-0.3, -0.25) is 0 Å². The molecular formula is C14H17ClN2O2. The van der Waals surface area contributed by atoms with Crippen molar-refractivity contribution in [3.8, 4) is 0 Å². The number of halogens is 1. The SMILES string of the molecule is Cc1c(Cl)cccc1NC(=O)N[C@@H]1C=C[C@H](CO)C1. The van der Waals surface area contributed by atoms with E-state index >= 15 is 0 Å². The largest absolute Gasteiger partial charge is 0.396 e. The molecule has 1 aliphatic rings. The van der Waals surface area contributed by atoms with E-state index in [1.54, 1.807) is 12.1 Å². The molecule has 2 amide bonds. The second-order valence-corrected chi connectivity index (χ2v) is 5.09. The zero-order valence-electron chi connectivity index (χ0n) is 10.7. The molecule has 5 heteroatoms. The Kier molecular flexibility index (Phi) is 4.45. The van der Waals surface area contributed by atoms with Gasteiger partial charge in [0.2, 0.25) is 0 Å². The lowest BCUT2D eigenvalue weighted by Gasteiger charge is -2.15. The summed E-state index contributed by atoms with van der Waals surface area (Å²) in [6.45, 7) is 1.97. The molecule has 0 bridgehead atoms. The zero-order chi connectivity index (χ0) is 13.8. The number of anilines is 1. The van der Waals surface area contributed by atoms with Crippen molar-refractivity contribution in [2.45, 2.75) is 19.4 Å². The second kappa shape index (κ2) is 6.08. The summed E-state index contributed by atoms with van der Waals surface area (Å²) in [5.41, 5.74) is 1.54. The quantitative estimate of drug-likeness (QED) is 0.746. The molecular weight excluding hydrogens is 264 g/mol. The molecule has 1 aromatic rings. The fourth-order valence-corrected chi connectivity index (χ4v) is 2.26. The van der Waals surface area contributed by atoms with E-state index in [1.807, 2.05) is 25.1 Å². The third-order valence-electron chi connectivity index (χ3n) is 3.24. The summed E-state index contributed by atoms with van der Waals surface area (Å²) >= 11 is 5.99. The Balaban J connectivity index is 1.92. The van der Waals surface area contributed by atoms with Gasteiger partial charge >= 0.3 is 6.03 Å². The minimum Gasteiger partial charge on any atom is -0.396 e. The Labute approximate surface area is 117 Å². The number of aliphatic hydroxyl groups is 1. The summed E-state index contributed by atoms with van der Waals surface area (Å²) in [7, 11) is 0. The minimum atomic E-state index is -0.265. The van der Waals surface area contributed by atoms with Crippen molar-refractivity contribution >= 4 is 23.3 Å². The van der Waals surface area contributed by atoms with E-state index in [0.29, 0.717) is 10.7 Å². The third-order valence-corrected chi connectivity index (χ3v) is 3.65. The van der Waals surface area contributed by atoms with E-state index < -0.39 is 0 Å². The van der Waals surface area contributed by atoms with Crippen molar-refractivity contribution in [1.82, 2.24) is 5.32 Å². The highest BCUT2D eigenvalue weighted by Crippen LogP contribution is 2.23. The molecule has 1 aliphatic carbocycles. The first-order chi connectivity index (χ1) is 9.10. The van der Waals surface area contributed by atoms with E-state index in [-0.39, 0.29) is 24.6 Å². The molecule has 0 heterocycles. The first-order valence-electron chi connectivity index (χ1n) is 6.22. The summed E-state index contributed by atoms with van der Waals surface area (Å²) in [6, 6.07) is 5.09. The van der Waals surface area contributed by atoms with Crippen molar-refractivity contribution in [3.05, 3.63) is 40.9 Å². The topological polar surface area (TPSA) is 61.4 Å². The molecule has 1 aromatic carbocycles. The molecule has 102 valence electrons. The Morgan fingerprint density at radius 2 is 2.26 bits per heavy atom. The van der Waals surface area contributed by atoms with Gasteiger partial charge in [-0.1, -0.05) is 29.8 Å². The monoisotopic (exact) mass is 280 g/mol. The van der Waals surface area contributed by atoms with Crippen LogP contribution in [0.2, 0.25) is 5.02 Å². The predicted octanol–water partition coefficient (Wildman–Crippen LogP) is 2.71. The van der Waals surface area contributed by atoms with E-state index in [1.165, 1.54) is 0 Å². The normalized spacial score (nSPS) is 21.4. The van der Waals surface area contributed by atoms with Gasteiger partial charge in [0, 0.05) is 29.3 Å². The number of amides is 2. The number of rotatable bonds is 3. The van der Waals surface area contributed by atoms with Crippen molar-refractivity contribution in [2.24, 2.45) is 5.92 Å². The number of carbonyl (C=O) groups is 1. The smallest absolute Gasteiger partial charge is 0.319 e. The van der Waals surface area contributed by atoms with Gasteiger partial charge in [-0.2, -0.15) is 0 Å². The third kappa shape index (κ3) is 3.49. The van der Waals surface area contributed by atoms with Crippen LogP contribution in [0.1, 0.15) is 12.0 Å². The van der Waals surface area contributed by atoms with Gasteiger partial charge in [0.1, 0.15) is 0 Å². The maximum atomic E-state index is 11.9. The highest BCUT2D eigenvalue weighted by Gasteiger charge is 2.19. The summed E-state index contributed by atoms with van der Waals surface area (Å²) in [4.78, 5) is 11.9. The minimum absolute atomic E-state index is 0.0309. The molecule has 0 radical (unpaired) electrons. The lowest BCUT2D eigenvalue weighted by atomic mass is 10.1. The van der Waals surface area contributed by atoms with Crippen molar-refractivity contribution in [1.29, 1.82) is 0 Å². The molecule has 0 aliphatic heterocycles. The Morgan fingerprint density at radius 3 is 2.95 bits per heavy atom. The van der Waals surface area contributed by atoms with Crippen LogP contribution >= 0.6 is 11.6 Å². The summed E-state index contributed by atoms with van der Waals surface area (Å²) < 4.78 is 0. The molecule has 19 heavy (non-hydrogen) atoms. The average molecular weight is 281 g/mol. The number of urea groups is 1. The maximum absolute atomic E-state index is 11.9. The fraction of sp³-hybridized carbons (Fsp3) is 0.357. The van der Waals surface area contributed by atoms with Gasteiger partial charge in [-0.25, -0.2) is 4.79 Å². The van der Waals surface area contributed by atoms with E-state index in [0.717, 1.165) is 12.0 Å². The average Bonchev–Trinajstić information content (AvgIpc) is 2.82. The van der Waals surface area contributed by atoms with Crippen LogP contribution in [-0.4, -0.2) is 23.8 Å². The second-order valence-electron chi connectivity index (χ2n) is 4.68. The molecule has 0 fully saturated rings. The molecule has 0 saturated heterocycles. The molecule has 2 rings (SSSR count). The summed E-state index contributed by atoms with van der Waals surface area (Å²) in [6.07, 6.45) is 4.57. The van der Waals surface area contributed by atoms with Gasteiger partial charge in [0.15, 0.2) is 0 Å². The molecule has 4 nitrogen and oxygen atoms in total. The Hall–Kier alpha value is -1.52. The lowest BCUT2D eigenvalue weighted by molar-refractivity contribution is 0.238. The zero-order valence-corrected chi connectivity index (χ0v) is 11.4. The standard InChI is InChI=1S/C14H17ClN2O2/c1-9-12(15)3-2-4-13(9)17-14(19)16-11-6-5-10(7-11)8-18/h2-6,10-11,18H,7-8H2,1H3,(H2,16,17,19)/t10-,11+/m0/s1. The van der Waals surface area contributed by atoms with Gasteiger partial charge in [-0.15, -0.1) is 0 Å². The van der Waals surface area contributed by atoms with Crippen molar-refractivity contribution in [2.75, 3.05) is 11.9 Å². The van der Waals surface area contributed by atoms with Crippen LogP contribution in [0.25, 0.3) is 0 Å². The Morgan fingerprint density at radius 1 is 1.47 bits per heavy atom. The van der Waals surface area contributed by atoms with Crippen LogP contribution in [0.15, 0.2) is 30.4 Å². The number of aliphatic hydroxyl groups excluding tert-OH is 1. The number of hydrogen-bond donors (Lipinski definition) is 3. The van der Waals surface area contributed by atoms with Crippen LogP contribution in [-0.2, 0) is 0 Å². The molecule has 0 aromatic heterocycles. The highest BCUT2D eigenvalue weighted by atomic mass is 35.5. The van der Waals surface area contributed by atoms with E-state index in [9.17, 15) is 4.79 Å². The van der Waals surface area contributed by atoms with Gasteiger partial charge in [0.25, 0.3) is 0 Å². The van der Waals surface area contributed by atoms with Gasteiger partial charge in [-0.05, 0) is 31.0 Å². The van der Waals surface area contributed by atoms with Crippen LogP contribution < -0.4 is 10.6 Å². The molecule has 3 N–H and O–H groups in total. The van der Waals surface area contributed by atoms with Gasteiger partial charge < -0.3 is 15.7 Å². The number of nitrogens with one attached hydrogen (secondary N) is 2. The number of carbonyl (C=O) groups excluding carboxylic acids is 1. The summed E-state index contributed by atoms with van der Waals surface area (Å²) in [5, 5.41) is 15.3. The van der Waals surface area contributed by atoms with Crippen molar-refractivity contribution in [3.63, 3.8) is 0 Å². The predicted molar refractivity (Wildman–Crippen MR) is 76.5 cm³/mol. The molecule has 0 unspecified atom stereocenters. The first kappa shape index (κ1) is 13.9. The Bertz CT molecular complexity index is 502. The molecule has 0 saturated carbocycles. The molecule has 0 spiro atoms. The van der Waals surface area contributed by atoms with E-state index in [4.69, 9.17) is 16.7 Å².